The second kappa shape index (κ2) is 10.1. The third kappa shape index (κ3) is 5.46. The molecule has 0 heterocycles. The van der Waals surface area contributed by atoms with E-state index in [1.165, 1.54) is 12.1 Å². The maximum atomic E-state index is 14.3. The summed E-state index contributed by atoms with van der Waals surface area (Å²) in [4.78, 5) is 0. The van der Waals surface area contributed by atoms with Crippen LogP contribution in [0.25, 0.3) is 10.8 Å². The van der Waals surface area contributed by atoms with E-state index in [2.05, 4.69) is 30.6 Å². The largest absolute Gasteiger partial charge is 0.206 e. The lowest BCUT2D eigenvalue weighted by Gasteiger charge is -2.01. The Balaban J connectivity index is 1.48. The summed E-state index contributed by atoms with van der Waals surface area (Å²) in [5, 5.41) is 0.826. The predicted octanol–water partition coefficient (Wildman–Crippen LogP) is 7.40. The Bertz CT molecular complexity index is 1430. The minimum atomic E-state index is -0.865. The summed E-state index contributed by atoms with van der Waals surface area (Å²) in [5.74, 6) is 9.98. The molecule has 0 fully saturated rings. The molecule has 4 aromatic carbocycles. The molecule has 0 aliphatic heterocycles. The lowest BCUT2D eigenvalue weighted by atomic mass is 10.1. The minimum absolute atomic E-state index is 0.232. The van der Waals surface area contributed by atoms with Crippen LogP contribution in [0.5, 0.6) is 0 Å². The van der Waals surface area contributed by atoms with Crippen LogP contribution in [0.15, 0.2) is 72.8 Å². The van der Waals surface area contributed by atoms with Crippen LogP contribution in [0.3, 0.4) is 0 Å². The Kier molecular flexibility index (Phi) is 6.82. The van der Waals surface area contributed by atoms with Gasteiger partial charge in [0.25, 0.3) is 0 Å². The monoisotopic (exact) mass is 438 g/mol. The van der Waals surface area contributed by atoms with Crippen molar-refractivity contribution in [3.05, 3.63) is 118 Å². The zero-order chi connectivity index (χ0) is 23.2. The molecule has 4 aromatic rings. The first-order valence-electron chi connectivity index (χ1n) is 10.8. The van der Waals surface area contributed by atoms with Gasteiger partial charge in [0.2, 0.25) is 0 Å². The van der Waals surface area contributed by atoms with Crippen LogP contribution in [0.4, 0.5) is 13.2 Å². The molecule has 162 valence electrons. The molecule has 0 nitrogen and oxygen atoms in total. The molecule has 0 atom stereocenters. The SMILES string of the molecule is CCCCc1ccc(C#Cc2ccc(C#Cc3ccc4c(F)c(F)ccc4c3)cc2)c(F)c1. The molecule has 0 aliphatic carbocycles. The zero-order valence-electron chi connectivity index (χ0n) is 18.2. The van der Waals surface area contributed by atoms with Crippen LogP contribution in [-0.4, -0.2) is 0 Å². The Labute approximate surface area is 192 Å². The molecule has 0 aromatic heterocycles. The van der Waals surface area contributed by atoms with E-state index >= 15 is 0 Å². The molecule has 0 amide bonds. The summed E-state index contributed by atoms with van der Waals surface area (Å²) in [6.45, 7) is 2.11. The number of halogens is 3. The first-order valence-corrected chi connectivity index (χ1v) is 10.8. The maximum Gasteiger partial charge on any atom is 0.166 e. The molecule has 3 heteroatoms. The summed E-state index contributed by atoms with van der Waals surface area (Å²) < 4.78 is 41.5. The number of rotatable bonds is 3. The molecular weight excluding hydrogens is 417 g/mol. The van der Waals surface area contributed by atoms with E-state index in [-0.39, 0.29) is 11.2 Å². The fourth-order valence-electron chi connectivity index (χ4n) is 3.46. The molecule has 0 unspecified atom stereocenters. The van der Waals surface area contributed by atoms with E-state index in [0.29, 0.717) is 16.5 Å². The van der Waals surface area contributed by atoms with Crippen molar-refractivity contribution in [2.24, 2.45) is 0 Å². The molecule has 0 saturated carbocycles. The average Bonchev–Trinajstić information content (AvgIpc) is 2.84. The second-order valence-electron chi connectivity index (χ2n) is 7.79. The lowest BCUT2D eigenvalue weighted by Crippen LogP contribution is -1.90. The van der Waals surface area contributed by atoms with E-state index in [1.54, 1.807) is 24.3 Å². The van der Waals surface area contributed by atoms with Crippen LogP contribution >= 0.6 is 0 Å². The highest BCUT2D eigenvalue weighted by atomic mass is 19.2. The zero-order valence-corrected chi connectivity index (χ0v) is 18.2. The quantitative estimate of drug-likeness (QED) is 0.292. The van der Waals surface area contributed by atoms with E-state index in [1.807, 2.05) is 30.3 Å². The lowest BCUT2D eigenvalue weighted by molar-refractivity contribution is 0.517. The Morgan fingerprint density at radius 3 is 2.00 bits per heavy atom. The van der Waals surface area contributed by atoms with Gasteiger partial charge >= 0.3 is 0 Å². The Hall–Kier alpha value is -3.95. The topological polar surface area (TPSA) is 0 Å². The molecule has 0 N–H and O–H groups in total. The highest BCUT2D eigenvalue weighted by Gasteiger charge is 2.06. The van der Waals surface area contributed by atoms with Gasteiger partial charge in [0.1, 0.15) is 5.82 Å². The van der Waals surface area contributed by atoms with Gasteiger partial charge in [-0.2, -0.15) is 0 Å². The molecule has 4 rings (SSSR count). The number of fused-ring (bicyclic) bond motifs is 1. The fraction of sp³-hybridized carbons (Fsp3) is 0.133. The average molecular weight is 438 g/mol. The molecule has 0 aliphatic rings. The summed E-state index contributed by atoms with van der Waals surface area (Å²) >= 11 is 0. The smallest absolute Gasteiger partial charge is 0.166 e. The molecule has 0 saturated heterocycles. The van der Waals surface area contributed by atoms with Gasteiger partial charge in [0.05, 0.1) is 5.56 Å². The number of hydrogen-bond acceptors (Lipinski definition) is 0. The van der Waals surface area contributed by atoms with Crippen molar-refractivity contribution in [2.75, 3.05) is 0 Å². The van der Waals surface area contributed by atoms with Crippen molar-refractivity contribution < 1.29 is 13.2 Å². The first kappa shape index (κ1) is 22.3. The summed E-state index contributed by atoms with van der Waals surface area (Å²) in [5.41, 5.74) is 3.63. The summed E-state index contributed by atoms with van der Waals surface area (Å²) in [7, 11) is 0. The number of hydrogen-bond donors (Lipinski definition) is 0. The van der Waals surface area contributed by atoms with E-state index < -0.39 is 11.6 Å². The van der Waals surface area contributed by atoms with E-state index in [4.69, 9.17) is 0 Å². The third-order valence-corrected chi connectivity index (χ3v) is 5.34. The van der Waals surface area contributed by atoms with Crippen molar-refractivity contribution in [2.45, 2.75) is 26.2 Å². The highest BCUT2D eigenvalue weighted by molar-refractivity contribution is 5.84. The maximum absolute atomic E-state index is 14.3. The molecule has 0 spiro atoms. The summed E-state index contributed by atoms with van der Waals surface area (Å²) in [6.07, 6.45) is 2.99. The van der Waals surface area contributed by atoms with Crippen molar-refractivity contribution in [3.8, 4) is 23.7 Å². The van der Waals surface area contributed by atoms with Gasteiger partial charge in [0.15, 0.2) is 11.6 Å². The van der Waals surface area contributed by atoms with Crippen LogP contribution in [0.1, 0.15) is 47.6 Å². The standard InChI is InChI=1S/C30H21F3/c1-2-3-4-23-12-15-25(29(32)20-23)14-11-22-7-5-21(6-8-22)9-10-24-13-17-27-26(19-24)16-18-28(31)30(27)33/h5-8,12-13,15-20H,2-4H2,1H3. The van der Waals surface area contributed by atoms with E-state index in [0.717, 1.165) is 42.0 Å². The Morgan fingerprint density at radius 1 is 0.636 bits per heavy atom. The fourth-order valence-corrected chi connectivity index (χ4v) is 3.46. The van der Waals surface area contributed by atoms with Gasteiger partial charge in [-0.3, -0.25) is 0 Å². The number of benzene rings is 4. The predicted molar refractivity (Wildman–Crippen MR) is 127 cm³/mol. The van der Waals surface area contributed by atoms with Crippen molar-refractivity contribution in [3.63, 3.8) is 0 Å². The van der Waals surface area contributed by atoms with Crippen LogP contribution in [0, 0.1) is 41.1 Å². The van der Waals surface area contributed by atoms with Crippen molar-refractivity contribution in [1.82, 2.24) is 0 Å². The van der Waals surface area contributed by atoms with Crippen LogP contribution < -0.4 is 0 Å². The van der Waals surface area contributed by atoms with Gasteiger partial charge in [-0.25, -0.2) is 13.2 Å². The molecular formula is C30H21F3. The Morgan fingerprint density at radius 2 is 1.30 bits per heavy atom. The number of unbranched alkanes of at least 4 members (excludes halogenated alkanes) is 1. The molecule has 0 bridgehead atoms. The van der Waals surface area contributed by atoms with Gasteiger partial charge in [-0.1, -0.05) is 55.2 Å². The van der Waals surface area contributed by atoms with Crippen molar-refractivity contribution >= 4 is 10.8 Å². The highest BCUT2D eigenvalue weighted by Crippen LogP contribution is 2.21. The van der Waals surface area contributed by atoms with E-state index in [9.17, 15) is 13.2 Å². The minimum Gasteiger partial charge on any atom is -0.206 e. The van der Waals surface area contributed by atoms with Crippen LogP contribution in [-0.2, 0) is 6.42 Å². The first-order chi connectivity index (χ1) is 16.0. The molecule has 0 radical (unpaired) electrons. The van der Waals surface area contributed by atoms with Gasteiger partial charge in [0, 0.05) is 22.1 Å². The molecule has 33 heavy (non-hydrogen) atoms. The summed E-state index contributed by atoms with van der Waals surface area (Å²) in [6, 6.07) is 20.2. The van der Waals surface area contributed by atoms with Gasteiger partial charge in [-0.15, -0.1) is 0 Å². The number of aryl methyl sites for hydroxylation is 1. The van der Waals surface area contributed by atoms with Crippen LogP contribution in [0.2, 0.25) is 0 Å². The third-order valence-electron chi connectivity index (χ3n) is 5.34. The second-order valence-corrected chi connectivity index (χ2v) is 7.79. The van der Waals surface area contributed by atoms with Crippen molar-refractivity contribution in [1.29, 1.82) is 0 Å². The van der Waals surface area contributed by atoms with Gasteiger partial charge < -0.3 is 0 Å². The normalized spacial score (nSPS) is 10.3. The van der Waals surface area contributed by atoms with Gasteiger partial charge in [-0.05, 0) is 78.4 Å².